The molecule has 17 nitrogen and oxygen atoms in total. The summed E-state index contributed by atoms with van der Waals surface area (Å²) in [5, 5.41) is 22.5. The zero-order valence-corrected chi connectivity index (χ0v) is 40.2. The van der Waals surface area contributed by atoms with Crippen molar-refractivity contribution in [1.29, 1.82) is 0 Å². The van der Waals surface area contributed by atoms with Gasteiger partial charge in [-0.3, -0.25) is 24.0 Å². The van der Waals surface area contributed by atoms with Crippen LogP contribution in [0.25, 0.3) is 33.4 Å². The molecule has 5 amide bonds. The van der Waals surface area contributed by atoms with Gasteiger partial charge in [-0.1, -0.05) is 104 Å². The summed E-state index contributed by atoms with van der Waals surface area (Å²) < 4.78 is 12.3. The number of esters is 1. The van der Waals surface area contributed by atoms with Crippen molar-refractivity contribution >= 4 is 46.6 Å². The summed E-state index contributed by atoms with van der Waals surface area (Å²) in [6.45, 7) is 4.31. The Morgan fingerprint density at radius 3 is 2.21 bits per heavy atom. The summed E-state index contributed by atoms with van der Waals surface area (Å²) >= 11 is 0. The number of aromatic nitrogens is 2. The van der Waals surface area contributed by atoms with E-state index in [1.165, 1.54) is 0 Å². The summed E-state index contributed by atoms with van der Waals surface area (Å²) in [6, 6.07) is 32.7. The van der Waals surface area contributed by atoms with Crippen LogP contribution in [-0.2, 0) is 65.0 Å². The van der Waals surface area contributed by atoms with Crippen LogP contribution in [0.1, 0.15) is 72.1 Å². The van der Waals surface area contributed by atoms with E-state index >= 15 is 0 Å². The van der Waals surface area contributed by atoms with Crippen LogP contribution in [0.15, 0.2) is 114 Å². The smallest absolute Gasteiger partial charge is 0.407 e. The largest absolute Gasteiger partial charge is 0.458 e. The van der Waals surface area contributed by atoms with Gasteiger partial charge in [-0.2, -0.15) is 0 Å². The molecular formula is C55H55N7O10. The van der Waals surface area contributed by atoms with Gasteiger partial charge in [-0.15, -0.1) is 0 Å². The Morgan fingerprint density at radius 1 is 0.833 bits per heavy atom. The molecule has 4 heterocycles. The van der Waals surface area contributed by atoms with Crippen LogP contribution < -0.4 is 26.8 Å². The van der Waals surface area contributed by atoms with Gasteiger partial charge in [0.05, 0.1) is 42.1 Å². The van der Waals surface area contributed by atoms with Gasteiger partial charge in [0, 0.05) is 41.4 Å². The number of amides is 5. The van der Waals surface area contributed by atoms with Crippen molar-refractivity contribution in [3.8, 4) is 22.5 Å². The van der Waals surface area contributed by atoms with Gasteiger partial charge in [-0.25, -0.2) is 14.6 Å². The van der Waals surface area contributed by atoms with Crippen LogP contribution in [-0.4, -0.2) is 100 Å². The highest BCUT2D eigenvalue weighted by atomic mass is 16.6. The topological polar surface area (TPSA) is 227 Å². The zero-order valence-electron chi connectivity index (χ0n) is 40.2. The number of alkyl carbamates (subject to hydrolysis) is 1. The van der Waals surface area contributed by atoms with Crippen LogP contribution in [0.2, 0.25) is 0 Å². The quantitative estimate of drug-likeness (QED) is 0.0806. The minimum absolute atomic E-state index is 0.0150. The van der Waals surface area contributed by atoms with Crippen molar-refractivity contribution in [3.05, 3.63) is 158 Å². The molecule has 0 radical (unpaired) electrons. The molecule has 0 unspecified atom stereocenters. The fourth-order valence-electron chi connectivity index (χ4n) is 10.0. The number of hydrogen-bond acceptors (Lipinski definition) is 11. The summed E-state index contributed by atoms with van der Waals surface area (Å²) in [7, 11) is 0. The molecular weight excluding hydrogens is 919 g/mol. The molecule has 0 bridgehead atoms. The number of fused-ring (bicyclic) bond motifs is 8. The van der Waals surface area contributed by atoms with Crippen LogP contribution in [0.4, 0.5) is 4.79 Å². The predicted molar refractivity (Wildman–Crippen MR) is 266 cm³/mol. The van der Waals surface area contributed by atoms with E-state index in [1.807, 2.05) is 92.7 Å². The molecule has 370 valence electrons. The SMILES string of the molecule is CC[C@@]1(O)C(=O)OCc2c1cc1n(c2=O)Cc2c-1nc1ccccc1c2CCN(C(=O)CNC(=O)[C@H](Cc1ccccc1)NC(=O)CNC(=O)CNC(=O)OCC1c2ccccc2-c2ccccc21)C(C)C. The van der Waals surface area contributed by atoms with Crippen LogP contribution in [0, 0.1) is 0 Å². The predicted octanol–water partition coefficient (Wildman–Crippen LogP) is 4.36. The van der Waals surface area contributed by atoms with Crippen LogP contribution in [0.3, 0.4) is 0 Å². The summed E-state index contributed by atoms with van der Waals surface area (Å²) in [5.41, 5.74) is 6.45. The van der Waals surface area contributed by atoms with E-state index in [4.69, 9.17) is 14.5 Å². The van der Waals surface area contributed by atoms with Crippen LogP contribution >= 0.6 is 0 Å². The maximum absolute atomic E-state index is 14.0. The first-order chi connectivity index (χ1) is 34.7. The number of cyclic esters (lactones) is 1. The van der Waals surface area contributed by atoms with E-state index in [9.17, 15) is 38.7 Å². The molecule has 0 spiro atoms. The Balaban J connectivity index is 0.813. The molecule has 72 heavy (non-hydrogen) atoms. The standard InChI is InChI=1S/C55H55N7O10/c1-4-55(70)43-25-46-50-40(29-62(46)52(67)42(43)31-71-53(55)68)38(39-20-12-13-21-44(39)60-50)22-23-61(32(2)3)49(65)28-57-51(66)45(24-33-14-6-5-7-15-33)59-48(64)27-56-47(63)26-58-54(69)72-30-41-36-18-10-8-16-34(36)35-17-9-11-19-37(35)41/h5-21,25,32,41,45,70H,4,22-24,26-31H2,1-3H3,(H,56,63)(H,57,66)(H,58,69)(H,59,64)/t45-,55-/m0/s1. The van der Waals surface area contributed by atoms with Crippen molar-refractivity contribution in [3.63, 3.8) is 0 Å². The number of hydrogen-bond donors (Lipinski definition) is 5. The van der Waals surface area contributed by atoms with Gasteiger partial charge >= 0.3 is 12.1 Å². The fraction of sp³-hybridized carbons (Fsp3) is 0.309. The van der Waals surface area contributed by atoms with Crippen molar-refractivity contribution in [1.82, 2.24) is 35.7 Å². The number of nitrogens with one attached hydrogen (secondary N) is 4. The average molecular weight is 974 g/mol. The minimum Gasteiger partial charge on any atom is -0.458 e. The Bertz CT molecular complexity index is 3150. The van der Waals surface area contributed by atoms with Gasteiger partial charge in [-0.05, 0) is 72.2 Å². The number of pyridine rings is 2. The van der Waals surface area contributed by atoms with Crippen LogP contribution in [0.5, 0.6) is 0 Å². The first kappa shape index (κ1) is 48.8. The second-order valence-electron chi connectivity index (χ2n) is 18.5. The third-order valence-corrected chi connectivity index (χ3v) is 13.8. The Hall–Kier alpha value is -8.18. The van der Waals surface area contributed by atoms with Crippen molar-refractivity contribution < 1.29 is 43.3 Å². The monoisotopic (exact) mass is 973 g/mol. The summed E-state index contributed by atoms with van der Waals surface area (Å²) in [4.78, 5) is 99.8. The molecule has 2 atom stereocenters. The number of rotatable bonds is 17. The van der Waals surface area contributed by atoms with Gasteiger partial charge in [0.15, 0.2) is 5.60 Å². The third-order valence-electron chi connectivity index (χ3n) is 13.8. The maximum Gasteiger partial charge on any atom is 0.407 e. The third kappa shape index (κ3) is 9.66. The van der Waals surface area contributed by atoms with Crippen molar-refractivity contribution in [2.45, 2.75) is 76.8 Å². The Labute approximate surface area is 414 Å². The average Bonchev–Trinajstić information content (AvgIpc) is 3.92. The fourth-order valence-corrected chi connectivity index (χ4v) is 10.0. The zero-order chi connectivity index (χ0) is 50.7. The lowest BCUT2D eigenvalue weighted by Gasteiger charge is -2.31. The molecule has 0 saturated heterocycles. The van der Waals surface area contributed by atoms with Crippen molar-refractivity contribution in [2.75, 3.05) is 32.8 Å². The first-order valence-corrected chi connectivity index (χ1v) is 24.1. The number of carbonyl (C=O) groups excluding carboxylic acids is 6. The normalized spacial score (nSPS) is 15.5. The second-order valence-corrected chi connectivity index (χ2v) is 18.5. The molecule has 2 aromatic heterocycles. The molecule has 6 aromatic rings. The minimum atomic E-state index is -1.97. The van der Waals surface area contributed by atoms with E-state index < -0.39 is 54.5 Å². The van der Waals surface area contributed by atoms with Gasteiger partial charge in [0.2, 0.25) is 23.6 Å². The van der Waals surface area contributed by atoms with E-state index in [0.717, 1.165) is 44.3 Å². The lowest BCUT2D eigenvalue weighted by Crippen LogP contribution is -2.53. The summed E-state index contributed by atoms with van der Waals surface area (Å²) in [5.74, 6) is -3.26. The van der Waals surface area contributed by atoms with Gasteiger partial charge < -0.3 is 45.3 Å². The maximum atomic E-state index is 14.0. The molecule has 1 aliphatic carbocycles. The van der Waals surface area contributed by atoms with E-state index in [1.54, 1.807) is 46.7 Å². The number of benzene rings is 4. The Kier molecular flexibility index (Phi) is 14.0. The number of aliphatic hydroxyl groups is 1. The second kappa shape index (κ2) is 20.7. The molecule has 17 heteroatoms. The van der Waals surface area contributed by atoms with E-state index in [2.05, 4.69) is 21.3 Å². The van der Waals surface area contributed by atoms with E-state index in [-0.39, 0.29) is 80.2 Å². The number of nitrogens with zero attached hydrogens (tertiary/aromatic N) is 3. The number of para-hydroxylation sites is 1. The number of ether oxygens (including phenoxy) is 2. The molecule has 0 saturated carbocycles. The molecule has 0 fully saturated rings. The molecule has 2 aliphatic heterocycles. The molecule has 4 aromatic carbocycles. The highest BCUT2D eigenvalue weighted by Crippen LogP contribution is 2.45. The summed E-state index contributed by atoms with van der Waals surface area (Å²) in [6.07, 6.45) is -0.318. The van der Waals surface area contributed by atoms with Gasteiger partial charge in [0.25, 0.3) is 5.56 Å². The first-order valence-electron chi connectivity index (χ1n) is 24.1. The lowest BCUT2D eigenvalue weighted by molar-refractivity contribution is -0.172. The van der Waals surface area contributed by atoms with Gasteiger partial charge in [0.1, 0.15) is 25.8 Å². The number of carbonyl (C=O) groups is 6. The highest BCUT2D eigenvalue weighted by Gasteiger charge is 2.45. The highest BCUT2D eigenvalue weighted by molar-refractivity contribution is 5.93. The molecule has 5 N–H and O–H groups in total. The Morgan fingerprint density at radius 2 is 1.50 bits per heavy atom. The lowest BCUT2D eigenvalue weighted by atomic mass is 9.86. The van der Waals surface area contributed by atoms with Crippen molar-refractivity contribution in [2.24, 2.45) is 0 Å². The molecule has 9 rings (SSSR count). The van der Waals surface area contributed by atoms with E-state index in [0.29, 0.717) is 23.3 Å². The molecule has 3 aliphatic rings.